The van der Waals surface area contributed by atoms with Crippen LogP contribution < -0.4 is 0 Å². The normalized spacial score (nSPS) is 15.5. The van der Waals surface area contributed by atoms with Gasteiger partial charge in [-0.2, -0.15) is 52.7 Å². The Hall–Kier alpha value is -0.880. The number of hydrogen-bond donors (Lipinski definition) is 0. The van der Waals surface area contributed by atoms with Crippen LogP contribution in [0.1, 0.15) is 0 Å². The highest BCUT2D eigenvalue weighted by Gasteiger charge is 2.66. The molecule has 0 aromatic heterocycles. The second-order valence-corrected chi connectivity index (χ2v) is 3.06. The molecule has 0 rings (SSSR count). The SMILES string of the molecule is FC(F)(F)C(OC(C(F)(F)F)C(F)(F)F)C(F)(F)F. The van der Waals surface area contributed by atoms with E-state index in [4.69, 9.17) is 0 Å². The summed E-state index contributed by atoms with van der Waals surface area (Å²) in [5.74, 6) is 0. The average Bonchev–Trinajstić information content (AvgIpc) is 1.91. The first-order chi connectivity index (χ1) is 7.97. The zero-order valence-electron chi connectivity index (χ0n) is 8.10. The minimum atomic E-state index is -6.48. The Balaban J connectivity index is 5.43. The lowest BCUT2D eigenvalue weighted by Gasteiger charge is -2.29. The Morgan fingerprint density at radius 3 is 0.684 bits per heavy atom. The van der Waals surface area contributed by atoms with Gasteiger partial charge in [0.2, 0.25) is 12.2 Å². The molecule has 0 aliphatic carbocycles. The molecule has 0 aromatic carbocycles. The molecule has 0 atom stereocenters. The maximum absolute atomic E-state index is 11.8. The van der Waals surface area contributed by atoms with Crippen LogP contribution in [0.2, 0.25) is 0 Å². The van der Waals surface area contributed by atoms with Crippen molar-refractivity contribution in [3.05, 3.63) is 0 Å². The lowest BCUT2D eigenvalue weighted by molar-refractivity contribution is -0.391. The zero-order valence-corrected chi connectivity index (χ0v) is 8.10. The van der Waals surface area contributed by atoms with Gasteiger partial charge in [0.25, 0.3) is 0 Å². The largest absolute Gasteiger partial charge is 0.423 e. The Kier molecular flexibility index (Phi) is 4.68. The third-order valence-corrected chi connectivity index (χ3v) is 1.46. The van der Waals surface area contributed by atoms with E-state index in [1.54, 1.807) is 0 Å². The molecule has 0 unspecified atom stereocenters. The monoisotopic (exact) mass is 318 g/mol. The number of rotatable bonds is 2. The third-order valence-electron chi connectivity index (χ3n) is 1.46. The molecule has 0 spiro atoms. The maximum Gasteiger partial charge on any atom is 0.423 e. The minimum absolute atomic E-state index is 2.21. The summed E-state index contributed by atoms with van der Waals surface area (Å²) in [5, 5.41) is 0. The number of ether oxygens (including phenoxy) is 1. The maximum atomic E-state index is 11.8. The topological polar surface area (TPSA) is 9.23 Å². The molecule has 0 amide bonds. The van der Waals surface area contributed by atoms with Gasteiger partial charge in [0.1, 0.15) is 0 Å². The van der Waals surface area contributed by atoms with E-state index in [1.165, 1.54) is 0 Å². The first-order valence-electron chi connectivity index (χ1n) is 3.89. The smallest absolute Gasteiger partial charge is 0.340 e. The fourth-order valence-corrected chi connectivity index (χ4v) is 0.816. The molecule has 0 bridgehead atoms. The third kappa shape index (κ3) is 5.32. The summed E-state index contributed by atoms with van der Waals surface area (Å²) in [7, 11) is 0. The van der Waals surface area contributed by atoms with Crippen molar-refractivity contribution in [2.75, 3.05) is 0 Å². The molecule has 116 valence electrons. The van der Waals surface area contributed by atoms with Crippen molar-refractivity contribution < 1.29 is 57.4 Å². The van der Waals surface area contributed by atoms with Crippen LogP contribution in [-0.4, -0.2) is 36.9 Å². The number of halogens is 12. The van der Waals surface area contributed by atoms with Gasteiger partial charge in [-0.15, -0.1) is 0 Å². The quantitative estimate of drug-likeness (QED) is 0.700. The van der Waals surface area contributed by atoms with Crippen molar-refractivity contribution >= 4 is 0 Å². The van der Waals surface area contributed by atoms with Gasteiger partial charge in [0.15, 0.2) is 0 Å². The second kappa shape index (κ2) is 4.90. The van der Waals surface area contributed by atoms with Crippen LogP contribution in [0.5, 0.6) is 0 Å². The predicted octanol–water partition coefficient (Wildman–Crippen LogP) is 3.99. The van der Waals surface area contributed by atoms with Gasteiger partial charge in [-0.25, -0.2) is 0 Å². The molecule has 0 aliphatic heterocycles. The molecule has 0 radical (unpaired) electrons. The summed E-state index contributed by atoms with van der Waals surface area (Å²) in [6, 6.07) is 0. The molecular formula is C6H2F12O. The first-order valence-corrected chi connectivity index (χ1v) is 3.89. The van der Waals surface area contributed by atoms with E-state index in [9.17, 15) is 52.7 Å². The van der Waals surface area contributed by atoms with E-state index in [0.29, 0.717) is 0 Å². The number of alkyl halides is 12. The van der Waals surface area contributed by atoms with Gasteiger partial charge < -0.3 is 4.74 Å². The molecule has 0 aliphatic rings. The fraction of sp³-hybridized carbons (Fsp3) is 1.00. The number of hydrogen-bond acceptors (Lipinski definition) is 1. The van der Waals surface area contributed by atoms with Crippen LogP contribution in [0.25, 0.3) is 0 Å². The summed E-state index contributed by atoms with van der Waals surface area (Å²) >= 11 is 0. The fourth-order valence-electron chi connectivity index (χ4n) is 0.816. The van der Waals surface area contributed by atoms with Gasteiger partial charge in [-0.1, -0.05) is 0 Å². The van der Waals surface area contributed by atoms with Crippen LogP contribution in [0.4, 0.5) is 52.7 Å². The van der Waals surface area contributed by atoms with Gasteiger partial charge in [-0.3, -0.25) is 0 Å². The van der Waals surface area contributed by atoms with Gasteiger partial charge in [0.05, 0.1) is 0 Å². The molecule has 0 saturated carbocycles. The molecule has 0 heterocycles. The highest BCUT2D eigenvalue weighted by molar-refractivity contribution is 4.83. The second-order valence-electron chi connectivity index (χ2n) is 3.06. The van der Waals surface area contributed by atoms with Crippen molar-refractivity contribution in [1.29, 1.82) is 0 Å². The van der Waals surface area contributed by atoms with Crippen LogP contribution in [0.15, 0.2) is 0 Å². The van der Waals surface area contributed by atoms with Gasteiger partial charge >= 0.3 is 24.7 Å². The Morgan fingerprint density at radius 2 is 0.579 bits per heavy atom. The van der Waals surface area contributed by atoms with Crippen molar-refractivity contribution in [2.24, 2.45) is 0 Å². The van der Waals surface area contributed by atoms with E-state index in [-0.39, 0.29) is 0 Å². The lowest BCUT2D eigenvalue weighted by atomic mass is 10.3. The Morgan fingerprint density at radius 1 is 0.421 bits per heavy atom. The van der Waals surface area contributed by atoms with E-state index >= 15 is 0 Å². The summed E-state index contributed by atoms with van der Waals surface area (Å²) in [6.45, 7) is 0. The molecule has 19 heavy (non-hydrogen) atoms. The highest BCUT2D eigenvalue weighted by atomic mass is 19.4. The summed E-state index contributed by atoms with van der Waals surface area (Å²) in [4.78, 5) is 0. The molecule has 1 nitrogen and oxygen atoms in total. The lowest BCUT2D eigenvalue weighted by Crippen LogP contribution is -2.53. The molecule has 0 N–H and O–H groups in total. The van der Waals surface area contributed by atoms with Crippen LogP contribution in [-0.2, 0) is 4.74 Å². The average molecular weight is 318 g/mol. The Labute approximate surface area is 95.7 Å². The van der Waals surface area contributed by atoms with Crippen LogP contribution in [0, 0.1) is 0 Å². The minimum Gasteiger partial charge on any atom is -0.340 e. The van der Waals surface area contributed by atoms with Crippen molar-refractivity contribution in [1.82, 2.24) is 0 Å². The highest BCUT2D eigenvalue weighted by Crippen LogP contribution is 2.42. The molecule has 0 fully saturated rings. The molecule has 0 aromatic rings. The van der Waals surface area contributed by atoms with E-state index < -0.39 is 36.9 Å². The van der Waals surface area contributed by atoms with Crippen molar-refractivity contribution in [2.45, 2.75) is 36.9 Å². The predicted molar refractivity (Wildman–Crippen MR) is 32.9 cm³/mol. The molecule has 0 saturated heterocycles. The van der Waals surface area contributed by atoms with Crippen molar-refractivity contribution in [3.63, 3.8) is 0 Å². The van der Waals surface area contributed by atoms with Gasteiger partial charge in [0, 0.05) is 0 Å². The summed E-state index contributed by atoms with van der Waals surface area (Å²) in [5.41, 5.74) is 0. The van der Waals surface area contributed by atoms with E-state index in [2.05, 4.69) is 4.74 Å². The van der Waals surface area contributed by atoms with Crippen LogP contribution >= 0.6 is 0 Å². The first kappa shape index (κ1) is 18.1. The van der Waals surface area contributed by atoms with E-state index in [1.807, 2.05) is 0 Å². The zero-order chi connectivity index (χ0) is 15.9. The molecule has 13 heteroatoms. The molecular weight excluding hydrogens is 316 g/mol. The Bertz CT molecular complexity index is 233. The van der Waals surface area contributed by atoms with E-state index in [0.717, 1.165) is 0 Å². The van der Waals surface area contributed by atoms with Gasteiger partial charge in [-0.05, 0) is 0 Å². The van der Waals surface area contributed by atoms with Crippen molar-refractivity contribution in [3.8, 4) is 0 Å². The summed E-state index contributed by atoms with van der Waals surface area (Å²) < 4.78 is 143. The van der Waals surface area contributed by atoms with Crippen LogP contribution in [0.3, 0.4) is 0 Å². The summed E-state index contributed by atoms with van der Waals surface area (Å²) in [6.07, 6.45) is -36.3. The standard InChI is InChI=1S/C6H2F12O/c7-3(8,9)1(4(10,11)12)19-2(5(13,14)15)6(16,17)18/h1-2H.